The van der Waals surface area contributed by atoms with Gasteiger partial charge >= 0.3 is 0 Å². The minimum Gasteiger partial charge on any atom is -0.497 e. The Morgan fingerprint density at radius 3 is 2.65 bits per heavy atom. The summed E-state index contributed by atoms with van der Waals surface area (Å²) in [6, 6.07) is 12.1. The van der Waals surface area contributed by atoms with Crippen LogP contribution in [0.2, 0.25) is 0 Å². The smallest absolute Gasteiger partial charge is 0.277 e. The van der Waals surface area contributed by atoms with Crippen molar-refractivity contribution in [3.63, 3.8) is 0 Å². The monoisotopic (exact) mass is 356 g/mol. The number of hydrazone groups is 1. The summed E-state index contributed by atoms with van der Waals surface area (Å²) in [6.45, 7) is 1.44. The summed E-state index contributed by atoms with van der Waals surface area (Å²) in [5, 5.41) is 6.52. The maximum absolute atomic E-state index is 11.9. The van der Waals surface area contributed by atoms with Crippen LogP contribution in [-0.2, 0) is 9.59 Å². The molecule has 0 bridgehead atoms. The molecule has 0 aliphatic rings. The molecule has 2 rings (SSSR count). The van der Waals surface area contributed by atoms with Gasteiger partial charge in [-0.3, -0.25) is 9.59 Å². The number of carbonyl (C=O) groups is 2. The number of pyridine rings is 1. The standard InChI is InChI=1S/C18H20N4O4/c1-13(10-17(23)20-16-8-3-4-9-19-16)21-22-18(24)12-26-15-7-5-6-14(11-15)25-2/h3-9,11H,10,12H2,1-2H3,(H,22,24)(H,19,20,23). The Bertz CT molecular complexity index is 778. The lowest BCUT2D eigenvalue weighted by Crippen LogP contribution is -2.26. The molecule has 0 unspecified atom stereocenters. The SMILES string of the molecule is COc1cccc(OCC(=O)NN=C(C)CC(=O)Nc2ccccn2)c1. The van der Waals surface area contributed by atoms with Crippen LogP contribution in [0.1, 0.15) is 13.3 Å². The number of aromatic nitrogens is 1. The molecule has 2 aromatic rings. The van der Waals surface area contributed by atoms with E-state index in [4.69, 9.17) is 9.47 Å². The molecule has 0 fully saturated rings. The van der Waals surface area contributed by atoms with Crippen molar-refractivity contribution >= 4 is 23.3 Å². The highest BCUT2D eigenvalue weighted by Crippen LogP contribution is 2.18. The molecule has 8 heteroatoms. The summed E-state index contributed by atoms with van der Waals surface area (Å²) >= 11 is 0. The Morgan fingerprint density at radius 1 is 1.12 bits per heavy atom. The van der Waals surface area contributed by atoms with Crippen molar-refractivity contribution in [1.82, 2.24) is 10.4 Å². The van der Waals surface area contributed by atoms with Crippen LogP contribution in [0, 0.1) is 0 Å². The van der Waals surface area contributed by atoms with E-state index in [9.17, 15) is 9.59 Å². The number of nitrogens with one attached hydrogen (secondary N) is 2. The third-order valence-corrected chi connectivity index (χ3v) is 3.13. The van der Waals surface area contributed by atoms with E-state index in [1.165, 1.54) is 0 Å². The van der Waals surface area contributed by atoms with E-state index in [0.29, 0.717) is 23.0 Å². The first-order chi connectivity index (χ1) is 12.6. The van der Waals surface area contributed by atoms with Crippen LogP contribution >= 0.6 is 0 Å². The van der Waals surface area contributed by atoms with Crippen LogP contribution in [0.5, 0.6) is 11.5 Å². The number of nitrogens with zero attached hydrogens (tertiary/aromatic N) is 2. The summed E-state index contributed by atoms with van der Waals surface area (Å²) in [4.78, 5) is 27.6. The Balaban J connectivity index is 1.74. The van der Waals surface area contributed by atoms with Gasteiger partial charge in [0.1, 0.15) is 17.3 Å². The highest BCUT2D eigenvalue weighted by Gasteiger charge is 2.07. The fraction of sp³-hybridized carbons (Fsp3) is 0.222. The molecule has 0 aliphatic carbocycles. The quantitative estimate of drug-likeness (QED) is 0.556. The Kier molecular flexibility index (Phi) is 7.11. The van der Waals surface area contributed by atoms with Crippen LogP contribution in [0.4, 0.5) is 5.82 Å². The van der Waals surface area contributed by atoms with Gasteiger partial charge in [0.05, 0.1) is 13.5 Å². The Hall–Kier alpha value is -3.42. The summed E-state index contributed by atoms with van der Waals surface area (Å²) in [5.74, 6) is 0.899. The maximum atomic E-state index is 11.9. The first-order valence-electron chi connectivity index (χ1n) is 7.86. The van der Waals surface area contributed by atoms with Gasteiger partial charge in [-0.15, -0.1) is 0 Å². The van der Waals surface area contributed by atoms with Gasteiger partial charge in [0.15, 0.2) is 6.61 Å². The van der Waals surface area contributed by atoms with Crippen LogP contribution in [0.3, 0.4) is 0 Å². The second kappa shape index (κ2) is 9.77. The van der Waals surface area contributed by atoms with Crippen LogP contribution in [-0.4, -0.2) is 36.2 Å². The number of anilines is 1. The lowest BCUT2D eigenvalue weighted by atomic mass is 10.3. The van der Waals surface area contributed by atoms with Gasteiger partial charge in [-0.1, -0.05) is 12.1 Å². The van der Waals surface area contributed by atoms with Crippen molar-refractivity contribution in [2.75, 3.05) is 19.0 Å². The lowest BCUT2D eigenvalue weighted by molar-refractivity contribution is -0.123. The molecule has 0 saturated carbocycles. The number of amides is 2. The molecule has 0 saturated heterocycles. The van der Waals surface area contributed by atoms with E-state index in [1.807, 2.05) is 0 Å². The minimum absolute atomic E-state index is 0.0353. The zero-order chi connectivity index (χ0) is 18.8. The summed E-state index contributed by atoms with van der Waals surface area (Å²) in [6.07, 6.45) is 1.62. The van der Waals surface area contributed by atoms with Gasteiger partial charge in [0.25, 0.3) is 5.91 Å². The van der Waals surface area contributed by atoms with Gasteiger partial charge in [0.2, 0.25) is 5.91 Å². The van der Waals surface area contributed by atoms with Crippen molar-refractivity contribution in [2.24, 2.45) is 5.10 Å². The number of rotatable bonds is 8. The highest BCUT2D eigenvalue weighted by atomic mass is 16.5. The van der Waals surface area contributed by atoms with Gasteiger partial charge in [-0.25, -0.2) is 10.4 Å². The van der Waals surface area contributed by atoms with Gasteiger partial charge in [-0.2, -0.15) is 5.10 Å². The van der Waals surface area contributed by atoms with Crippen molar-refractivity contribution in [1.29, 1.82) is 0 Å². The second-order valence-electron chi connectivity index (χ2n) is 5.29. The number of methoxy groups -OCH3 is 1. The molecule has 1 heterocycles. The molecule has 8 nitrogen and oxygen atoms in total. The molecule has 136 valence electrons. The molecule has 1 aromatic heterocycles. The molecule has 0 atom stereocenters. The maximum Gasteiger partial charge on any atom is 0.277 e. The molecule has 2 N–H and O–H groups in total. The highest BCUT2D eigenvalue weighted by molar-refractivity contribution is 6.05. The first-order valence-corrected chi connectivity index (χ1v) is 7.86. The van der Waals surface area contributed by atoms with Crippen molar-refractivity contribution in [3.05, 3.63) is 48.7 Å². The molecular formula is C18H20N4O4. The van der Waals surface area contributed by atoms with Crippen molar-refractivity contribution in [2.45, 2.75) is 13.3 Å². The van der Waals surface area contributed by atoms with Crippen molar-refractivity contribution in [3.8, 4) is 11.5 Å². The van der Waals surface area contributed by atoms with E-state index in [1.54, 1.807) is 62.7 Å². The largest absolute Gasteiger partial charge is 0.497 e. The molecule has 1 aromatic carbocycles. The molecular weight excluding hydrogens is 336 g/mol. The first kappa shape index (κ1) is 18.9. The van der Waals surface area contributed by atoms with E-state index < -0.39 is 5.91 Å². The average Bonchev–Trinajstić information content (AvgIpc) is 2.65. The zero-order valence-electron chi connectivity index (χ0n) is 14.6. The predicted octanol–water partition coefficient (Wildman–Crippen LogP) is 1.99. The lowest BCUT2D eigenvalue weighted by Gasteiger charge is -2.07. The fourth-order valence-corrected chi connectivity index (χ4v) is 1.93. The normalized spacial score (nSPS) is 10.8. The Labute approximate surface area is 151 Å². The molecule has 0 aliphatic heterocycles. The van der Waals surface area contributed by atoms with Crippen LogP contribution in [0.15, 0.2) is 53.8 Å². The molecule has 26 heavy (non-hydrogen) atoms. The number of carbonyl (C=O) groups excluding carboxylic acids is 2. The fourth-order valence-electron chi connectivity index (χ4n) is 1.93. The molecule has 0 spiro atoms. The summed E-state index contributed by atoms with van der Waals surface area (Å²) in [7, 11) is 1.55. The average molecular weight is 356 g/mol. The predicted molar refractivity (Wildman–Crippen MR) is 97.2 cm³/mol. The van der Waals surface area contributed by atoms with Gasteiger partial charge in [0, 0.05) is 18.0 Å². The van der Waals surface area contributed by atoms with Crippen molar-refractivity contribution < 1.29 is 19.1 Å². The Morgan fingerprint density at radius 2 is 1.92 bits per heavy atom. The number of ether oxygens (including phenoxy) is 2. The minimum atomic E-state index is -0.433. The summed E-state index contributed by atoms with van der Waals surface area (Å²) < 4.78 is 10.4. The summed E-state index contributed by atoms with van der Waals surface area (Å²) in [5.41, 5.74) is 2.80. The van der Waals surface area contributed by atoms with Gasteiger partial charge in [-0.05, 0) is 31.2 Å². The van der Waals surface area contributed by atoms with Crippen LogP contribution < -0.4 is 20.2 Å². The van der Waals surface area contributed by atoms with E-state index in [-0.39, 0.29) is 18.9 Å². The van der Waals surface area contributed by atoms with E-state index in [0.717, 1.165) is 0 Å². The molecule has 2 amide bonds. The second-order valence-corrected chi connectivity index (χ2v) is 5.29. The van der Waals surface area contributed by atoms with Gasteiger partial charge < -0.3 is 14.8 Å². The third kappa shape index (κ3) is 6.60. The third-order valence-electron chi connectivity index (χ3n) is 3.13. The van der Waals surface area contributed by atoms with E-state index in [2.05, 4.69) is 20.8 Å². The van der Waals surface area contributed by atoms with E-state index >= 15 is 0 Å². The molecule has 0 radical (unpaired) electrons. The number of hydrogen-bond acceptors (Lipinski definition) is 6. The topological polar surface area (TPSA) is 102 Å². The number of benzene rings is 1. The van der Waals surface area contributed by atoms with Crippen LogP contribution in [0.25, 0.3) is 0 Å². The number of hydrogen-bond donors (Lipinski definition) is 2. The zero-order valence-corrected chi connectivity index (χ0v) is 14.6.